The third-order valence-electron chi connectivity index (χ3n) is 4.90. The summed E-state index contributed by atoms with van der Waals surface area (Å²) in [5.41, 5.74) is 4.82. The van der Waals surface area contributed by atoms with Gasteiger partial charge in [0.05, 0.1) is 30.4 Å². The van der Waals surface area contributed by atoms with Gasteiger partial charge in [-0.15, -0.1) is 0 Å². The fourth-order valence-electron chi connectivity index (χ4n) is 3.31. The van der Waals surface area contributed by atoms with Gasteiger partial charge >= 0.3 is 0 Å². The Bertz CT molecular complexity index is 1250. The van der Waals surface area contributed by atoms with Gasteiger partial charge in [0.1, 0.15) is 12.1 Å². The van der Waals surface area contributed by atoms with Gasteiger partial charge in [0.25, 0.3) is 5.91 Å². The number of anilines is 1. The Morgan fingerprint density at radius 3 is 2.58 bits per heavy atom. The number of hydrogen-bond donors (Lipinski definition) is 2. The highest BCUT2D eigenvalue weighted by molar-refractivity contribution is 6.00. The Kier molecular flexibility index (Phi) is 5.66. The minimum atomic E-state index is -0.334. The van der Waals surface area contributed by atoms with E-state index in [0.717, 1.165) is 22.3 Å². The monoisotopic (exact) mass is 414 g/mol. The number of aromatic nitrogens is 2. The molecule has 0 aliphatic heterocycles. The normalized spacial score (nSPS) is 10.6. The molecular formula is C24H22N4O3. The number of ether oxygens (including phenoxy) is 1. The maximum absolute atomic E-state index is 12.5. The highest BCUT2D eigenvalue weighted by atomic mass is 16.5. The second-order valence-electron chi connectivity index (χ2n) is 7.08. The summed E-state index contributed by atoms with van der Waals surface area (Å²) >= 11 is 0. The van der Waals surface area contributed by atoms with Crippen LogP contribution in [0.5, 0.6) is 5.75 Å². The molecule has 0 radical (unpaired) electrons. The molecule has 0 saturated heterocycles. The molecule has 7 nitrogen and oxygen atoms in total. The van der Waals surface area contributed by atoms with Crippen molar-refractivity contribution >= 4 is 28.5 Å². The van der Waals surface area contributed by atoms with Crippen LogP contribution in [0, 0.1) is 6.92 Å². The van der Waals surface area contributed by atoms with Crippen molar-refractivity contribution in [1.29, 1.82) is 0 Å². The molecule has 2 N–H and O–H groups in total. The van der Waals surface area contributed by atoms with E-state index < -0.39 is 0 Å². The number of para-hydroxylation sites is 2. The summed E-state index contributed by atoms with van der Waals surface area (Å²) in [6.07, 6.45) is 1.75. The second-order valence-corrected chi connectivity index (χ2v) is 7.08. The number of nitrogens with zero attached hydrogens (tertiary/aromatic N) is 2. The summed E-state index contributed by atoms with van der Waals surface area (Å²) in [6.45, 7) is 1.77. The average molecular weight is 414 g/mol. The number of aryl methyl sites for hydroxylation is 1. The molecule has 0 aliphatic carbocycles. The summed E-state index contributed by atoms with van der Waals surface area (Å²) in [5.74, 6) is -0.0972. The molecule has 0 saturated carbocycles. The number of imidazole rings is 1. The van der Waals surface area contributed by atoms with Crippen molar-refractivity contribution < 1.29 is 14.3 Å². The number of amides is 2. The summed E-state index contributed by atoms with van der Waals surface area (Å²) < 4.78 is 7.21. The Labute approximate surface area is 179 Å². The first kappa shape index (κ1) is 20.2. The predicted octanol–water partition coefficient (Wildman–Crippen LogP) is 3.71. The van der Waals surface area contributed by atoms with Crippen LogP contribution in [0.15, 0.2) is 73.1 Å². The molecule has 0 atom stereocenters. The molecule has 0 bridgehead atoms. The Morgan fingerprint density at radius 2 is 1.81 bits per heavy atom. The zero-order valence-corrected chi connectivity index (χ0v) is 17.3. The molecule has 1 heterocycles. The van der Waals surface area contributed by atoms with Crippen molar-refractivity contribution in [3.63, 3.8) is 0 Å². The lowest BCUT2D eigenvalue weighted by Gasteiger charge is -2.12. The first-order chi connectivity index (χ1) is 15.0. The van der Waals surface area contributed by atoms with Crippen LogP contribution in [0.1, 0.15) is 15.9 Å². The van der Waals surface area contributed by atoms with Crippen LogP contribution in [0.4, 0.5) is 5.69 Å². The van der Waals surface area contributed by atoms with Gasteiger partial charge in [-0.05, 0) is 61.0 Å². The second kappa shape index (κ2) is 8.71. The van der Waals surface area contributed by atoms with Crippen LogP contribution in [0.25, 0.3) is 16.7 Å². The molecule has 0 unspecified atom stereocenters. The lowest BCUT2D eigenvalue weighted by Crippen LogP contribution is -2.32. The number of carbonyl (C=O) groups is 2. The fourth-order valence-corrected chi connectivity index (χ4v) is 3.31. The van der Waals surface area contributed by atoms with Crippen molar-refractivity contribution in [2.24, 2.45) is 0 Å². The van der Waals surface area contributed by atoms with E-state index in [2.05, 4.69) is 15.6 Å². The minimum Gasteiger partial charge on any atom is -0.495 e. The standard InChI is InChI=1S/C24H22N4O3/c1-16-7-12-22(31-2)20(13-16)27-23(29)14-25-24(30)17-8-10-18(11-9-17)28-15-26-19-5-3-4-6-21(19)28/h3-13,15H,14H2,1-2H3,(H,25,30)(H,27,29). The van der Waals surface area contributed by atoms with E-state index in [-0.39, 0.29) is 18.4 Å². The van der Waals surface area contributed by atoms with Gasteiger partial charge in [0, 0.05) is 11.3 Å². The number of methoxy groups -OCH3 is 1. The van der Waals surface area contributed by atoms with Crippen LogP contribution >= 0.6 is 0 Å². The molecule has 0 fully saturated rings. The van der Waals surface area contributed by atoms with E-state index in [1.807, 2.05) is 60.0 Å². The summed E-state index contributed by atoms with van der Waals surface area (Å²) in [7, 11) is 1.54. The Hall–Kier alpha value is -4.13. The lowest BCUT2D eigenvalue weighted by molar-refractivity contribution is -0.115. The first-order valence-corrected chi connectivity index (χ1v) is 9.80. The molecule has 7 heteroatoms. The van der Waals surface area contributed by atoms with Gasteiger partial charge < -0.3 is 15.4 Å². The van der Waals surface area contributed by atoms with E-state index in [0.29, 0.717) is 17.0 Å². The number of benzene rings is 3. The molecule has 31 heavy (non-hydrogen) atoms. The average Bonchev–Trinajstić information content (AvgIpc) is 3.22. The smallest absolute Gasteiger partial charge is 0.251 e. The van der Waals surface area contributed by atoms with Gasteiger partial charge in [0.15, 0.2) is 0 Å². The number of rotatable bonds is 6. The summed E-state index contributed by atoms with van der Waals surface area (Å²) in [4.78, 5) is 29.1. The number of nitrogens with one attached hydrogen (secondary N) is 2. The molecule has 4 aromatic rings. The third kappa shape index (κ3) is 4.40. The SMILES string of the molecule is COc1ccc(C)cc1NC(=O)CNC(=O)c1ccc(-n2cnc3ccccc32)cc1. The quantitative estimate of drug-likeness (QED) is 0.504. The van der Waals surface area contributed by atoms with E-state index in [1.165, 1.54) is 0 Å². The highest BCUT2D eigenvalue weighted by Gasteiger charge is 2.11. The van der Waals surface area contributed by atoms with Gasteiger partial charge in [-0.3, -0.25) is 14.2 Å². The number of carbonyl (C=O) groups excluding carboxylic acids is 2. The van der Waals surface area contributed by atoms with Crippen LogP contribution in [0.2, 0.25) is 0 Å². The molecule has 0 aliphatic rings. The number of hydrogen-bond acceptors (Lipinski definition) is 4. The van der Waals surface area contributed by atoms with Crippen LogP contribution < -0.4 is 15.4 Å². The van der Waals surface area contributed by atoms with Crippen molar-refractivity contribution in [2.75, 3.05) is 19.0 Å². The number of fused-ring (bicyclic) bond motifs is 1. The zero-order valence-electron chi connectivity index (χ0n) is 17.3. The van der Waals surface area contributed by atoms with E-state index in [4.69, 9.17) is 4.74 Å². The van der Waals surface area contributed by atoms with Crippen molar-refractivity contribution in [1.82, 2.24) is 14.9 Å². The van der Waals surface area contributed by atoms with Crippen molar-refractivity contribution in [3.8, 4) is 11.4 Å². The van der Waals surface area contributed by atoms with E-state index in [9.17, 15) is 9.59 Å². The topological polar surface area (TPSA) is 85.3 Å². The van der Waals surface area contributed by atoms with Crippen LogP contribution in [-0.2, 0) is 4.79 Å². The fraction of sp³-hybridized carbons (Fsp3) is 0.125. The maximum atomic E-state index is 12.5. The molecular weight excluding hydrogens is 392 g/mol. The maximum Gasteiger partial charge on any atom is 0.251 e. The predicted molar refractivity (Wildman–Crippen MR) is 120 cm³/mol. The first-order valence-electron chi connectivity index (χ1n) is 9.80. The molecule has 3 aromatic carbocycles. The van der Waals surface area contributed by atoms with Gasteiger partial charge in [-0.1, -0.05) is 18.2 Å². The van der Waals surface area contributed by atoms with Crippen molar-refractivity contribution in [3.05, 3.63) is 84.2 Å². The molecule has 4 rings (SSSR count). The molecule has 156 valence electrons. The lowest BCUT2D eigenvalue weighted by atomic mass is 10.2. The van der Waals surface area contributed by atoms with Gasteiger partial charge in [0.2, 0.25) is 5.91 Å². The third-order valence-corrected chi connectivity index (χ3v) is 4.90. The van der Waals surface area contributed by atoms with E-state index in [1.54, 1.807) is 31.6 Å². The van der Waals surface area contributed by atoms with E-state index >= 15 is 0 Å². The Balaban J connectivity index is 1.39. The van der Waals surface area contributed by atoms with Crippen LogP contribution in [-0.4, -0.2) is 35.0 Å². The molecule has 1 aromatic heterocycles. The summed E-state index contributed by atoms with van der Waals surface area (Å²) in [5, 5.41) is 5.41. The van der Waals surface area contributed by atoms with Crippen LogP contribution in [0.3, 0.4) is 0 Å². The molecule has 2 amide bonds. The molecule has 0 spiro atoms. The van der Waals surface area contributed by atoms with Crippen molar-refractivity contribution in [2.45, 2.75) is 6.92 Å². The van der Waals surface area contributed by atoms with Gasteiger partial charge in [-0.2, -0.15) is 0 Å². The highest BCUT2D eigenvalue weighted by Crippen LogP contribution is 2.25. The summed E-state index contributed by atoms with van der Waals surface area (Å²) in [6, 6.07) is 20.5. The minimum absolute atomic E-state index is 0.149. The van der Waals surface area contributed by atoms with Gasteiger partial charge in [-0.25, -0.2) is 4.98 Å². The Morgan fingerprint density at radius 1 is 1.03 bits per heavy atom. The zero-order chi connectivity index (χ0) is 21.8. The largest absolute Gasteiger partial charge is 0.495 e.